The van der Waals surface area contributed by atoms with E-state index in [2.05, 4.69) is 34.6 Å². The minimum atomic E-state index is -0.614. The molecule has 2 N–H and O–H groups in total. The van der Waals surface area contributed by atoms with Gasteiger partial charge in [-0.2, -0.15) is 0 Å². The summed E-state index contributed by atoms with van der Waals surface area (Å²) in [6.45, 7) is 15.5. The molecule has 0 heterocycles. The van der Waals surface area contributed by atoms with E-state index >= 15 is 0 Å². The molecule has 0 bridgehead atoms. The van der Waals surface area contributed by atoms with E-state index in [1.807, 2.05) is 6.92 Å². The quantitative estimate of drug-likeness (QED) is 0.399. The lowest BCUT2D eigenvalue weighted by molar-refractivity contribution is -0.252. The zero-order valence-electron chi connectivity index (χ0n) is 24.5. The second kappa shape index (κ2) is 8.45. The fourth-order valence-corrected chi connectivity index (χ4v) is 12.5. The molecule has 5 nitrogen and oxygen atoms in total. The summed E-state index contributed by atoms with van der Waals surface area (Å²) in [7, 11) is 0. The highest BCUT2D eigenvalue weighted by atomic mass is 16.6. The molecule has 5 saturated carbocycles. The number of aliphatic hydroxyl groups is 1. The highest BCUT2D eigenvalue weighted by molar-refractivity contribution is 5.75. The molecule has 10 unspecified atom stereocenters. The zero-order valence-corrected chi connectivity index (χ0v) is 24.5. The summed E-state index contributed by atoms with van der Waals surface area (Å²) in [5.41, 5.74) is -0.905. The summed E-state index contributed by atoms with van der Waals surface area (Å²) in [6, 6.07) is 0. The van der Waals surface area contributed by atoms with Gasteiger partial charge >= 0.3 is 11.9 Å². The maximum Gasteiger partial charge on any atom is 0.309 e. The van der Waals surface area contributed by atoms with Crippen molar-refractivity contribution in [1.82, 2.24) is 0 Å². The van der Waals surface area contributed by atoms with Crippen LogP contribution in [0.15, 0.2) is 0 Å². The summed E-state index contributed by atoms with van der Waals surface area (Å²) in [4.78, 5) is 24.5. The van der Waals surface area contributed by atoms with Crippen LogP contribution in [0.25, 0.3) is 0 Å². The van der Waals surface area contributed by atoms with Gasteiger partial charge in [-0.1, -0.05) is 27.2 Å². The van der Waals surface area contributed by atoms with Crippen molar-refractivity contribution in [3.63, 3.8) is 0 Å². The Labute approximate surface area is 224 Å². The molecule has 5 aliphatic rings. The number of hydrogen-bond acceptors (Lipinski definition) is 4. The topological polar surface area (TPSA) is 83.8 Å². The Hall–Kier alpha value is -1.10. The summed E-state index contributed by atoms with van der Waals surface area (Å²) in [5, 5.41) is 21.4. The molecule has 0 radical (unpaired) electrons. The van der Waals surface area contributed by atoms with Crippen LogP contribution in [0.5, 0.6) is 0 Å². The van der Waals surface area contributed by atoms with Gasteiger partial charge in [0.25, 0.3) is 0 Å². The molecule has 0 amide bonds. The van der Waals surface area contributed by atoms with Gasteiger partial charge in [0.15, 0.2) is 0 Å². The molecule has 5 heteroatoms. The van der Waals surface area contributed by atoms with Gasteiger partial charge in [0.05, 0.1) is 5.41 Å². The van der Waals surface area contributed by atoms with Crippen LogP contribution in [0.1, 0.15) is 119 Å². The van der Waals surface area contributed by atoms with Gasteiger partial charge in [0, 0.05) is 24.9 Å². The standard InChI is InChI=1S/C32H52O5/c1-20(34)37-27(2,3)21-12-18-32(19-33)22(21)11-16-31(7)25(32)10-9-24-28(4)14-8-15-29(5,26(35)36)23(28)13-17-30(24,31)6/h21-25,33H,8-19H2,1-7H3,(H,35,36). The van der Waals surface area contributed by atoms with Crippen molar-refractivity contribution in [2.45, 2.75) is 125 Å². The second-order valence-corrected chi connectivity index (χ2v) is 15.6. The van der Waals surface area contributed by atoms with Crippen molar-refractivity contribution >= 4 is 11.9 Å². The number of rotatable bonds is 4. The highest BCUT2D eigenvalue weighted by Gasteiger charge is 2.72. The van der Waals surface area contributed by atoms with Crippen molar-refractivity contribution in [1.29, 1.82) is 0 Å². The molecule has 0 saturated heterocycles. The first-order valence-corrected chi connectivity index (χ1v) is 15.2. The van der Waals surface area contributed by atoms with Crippen LogP contribution in [0.4, 0.5) is 0 Å². The van der Waals surface area contributed by atoms with E-state index in [-0.39, 0.29) is 46.1 Å². The van der Waals surface area contributed by atoms with Crippen LogP contribution in [0.3, 0.4) is 0 Å². The van der Waals surface area contributed by atoms with E-state index in [0.717, 1.165) is 70.6 Å². The van der Waals surface area contributed by atoms with Gasteiger partial charge in [-0.15, -0.1) is 0 Å². The van der Waals surface area contributed by atoms with E-state index in [9.17, 15) is 19.8 Å². The Kier molecular flexibility index (Phi) is 6.27. The molecule has 5 aliphatic carbocycles. The van der Waals surface area contributed by atoms with E-state index in [4.69, 9.17) is 4.74 Å². The van der Waals surface area contributed by atoms with Crippen LogP contribution in [0, 0.1) is 56.7 Å². The summed E-state index contributed by atoms with van der Waals surface area (Å²) in [5.74, 6) is 1.07. The zero-order chi connectivity index (χ0) is 27.2. The molecule has 0 aromatic carbocycles. The Bertz CT molecular complexity index is 959. The predicted molar refractivity (Wildman–Crippen MR) is 144 cm³/mol. The van der Waals surface area contributed by atoms with Crippen molar-refractivity contribution in [3.8, 4) is 0 Å². The van der Waals surface area contributed by atoms with Crippen LogP contribution in [-0.2, 0) is 14.3 Å². The highest BCUT2D eigenvalue weighted by Crippen LogP contribution is 2.78. The fraction of sp³-hybridized carbons (Fsp3) is 0.938. The number of carbonyl (C=O) groups is 2. The monoisotopic (exact) mass is 516 g/mol. The average Bonchev–Trinajstić information content (AvgIpc) is 3.19. The summed E-state index contributed by atoms with van der Waals surface area (Å²) < 4.78 is 5.87. The lowest BCUT2D eigenvalue weighted by Crippen LogP contribution is -2.67. The summed E-state index contributed by atoms with van der Waals surface area (Å²) >= 11 is 0. The third-order valence-corrected chi connectivity index (χ3v) is 14.2. The SMILES string of the molecule is CC(=O)OC(C)(C)C1CCC2(CO)C1CCC1(C)C2CCC2C3(C)CCCC(C)(C(=O)O)C3CCC21C. The molecule has 5 rings (SSSR count). The number of ether oxygens (including phenoxy) is 1. The number of carbonyl (C=O) groups excluding carboxylic acids is 1. The lowest BCUT2D eigenvalue weighted by atomic mass is 9.31. The first-order valence-electron chi connectivity index (χ1n) is 15.2. The van der Waals surface area contributed by atoms with Gasteiger partial charge in [-0.05, 0) is 125 Å². The maximum absolute atomic E-state index is 12.5. The molecule has 10 atom stereocenters. The third-order valence-electron chi connectivity index (χ3n) is 14.2. The van der Waals surface area contributed by atoms with Crippen LogP contribution in [-0.4, -0.2) is 34.4 Å². The van der Waals surface area contributed by atoms with Crippen molar-refractivity contribution in [3.05, 3.63) is 0 Å². The van der Waals surface area contributed by atoms with E-state index in [1.165, 1.54) is 6.92 Å². The predicted octanol–water partition coefficient (Wildman–Crippen LogP) is 6.86. The van der Waals surface area contributed by atoms with E-state index in [1.54, 1.807) is 0 Å². The minimum Gasteiger partial charge on any atom is -0.481 e. The van der Waals surface area contributed by atoms with Crippen LogP contribution in [0.2, 0.25) is 0 Å². The number of aliphatic carboxylic acids is 1. The lowest BCUT2D eigenvalue weighted by Gasteiger charge is -2.73. The van der Waals surface area contributed by atoms with Crippen molar-refractivity contribution in [2.75, 3.05) is 6.61 Å². The Balaban J connectivity index is 1.51. The first-order chi connectivity index (χ1) is 17.1. The molecular weight excluding hydrogens is 464 g/mol. The van der Waals surface area contributed by atoms with Crippen LogP contribution < -0.4 is 0 Å². The summed E-state index contributed by atoms with van der Waals surface area (Å²) in [6.07, 6.45) is 11.6. The molecular formula is C32H52O5. The van der Waals surface area contributed by atoms with Crippen molar-refractivity contribution in [2.24, 2.45) is 56.7 Å². The number of hydrogen-bond donors (Lipinski definition) is 2. The van der Waals surface area contributed by atoms with E-state index < -0.39 is 17.0 Å². The second-order valence-electron chi connectivity index (χ2n) is 15.6. The average molecular weight is 517 g/mol. The van der Waals surface area contributed by atoms with Gasteiger partial charge in [-0.25, -0.2) is 0 Å². The van der Waals surface area contributed by atoms with Gasteiger partial charge in [0.1, 0.15) is 5.60 Å². The third kappa shape index (κ3) is 3.43. The largest absolute Gasteiger partial charge is 0.481 e. The number of esters is 1. The number of carboxylic acid groups (broad SMARTS) is 1. The first kappa shape index (κ1) is 27.5. The molecule has 5 fully saturated rings. The van der Waals surface area contributed by atoms with E-state index in [0.29, 0.717) is 17.8 Å². The van der Waals surface area contributed by atoms with Gasteiger partial charge < -0.3 is 14.9 Å². The number of aliphatic hydroxyl groups excluding tert-OH is 1. The Morgan fingerprint density at radius 1 is 0.838 bits per heavy atom. The number of fused-ring (bicyclic) bond motifs is 7. The molecule has 0 aliphatic heterocycles. The normalized spacial score (nSPS) is 51.3. The van der Waals surface area contributed by atoms with Crippen LogP contribution >= 0.6 is 0 Å². The molecule has 37 heavy (non-hydrogen) atoms. The van der Waals surface area contributed by atoms with Gasteiger partial charge in [0.2, 0.25) is 0 Å². The molecule has 0 aromatic heterocycles. The minimum absolute atomic E-state index is 0.0606. The van der Waals surface area contributed by atoms with Crippen molar-refractivity contribution < 1.29 is 24.5 Å². The molecule has 0 aromatic rings. The molecule has 0 spiro atoms. The Morgan fingerprint density at radius 2 is 1.46 bits per heavy atom. The maximum atomic E-state index is 12.5. The molecule has 210 valence electrons. The fourth-order valence-electron chi connectivity index (χ4n) is 12.5. The number of carboxylic acids is 1. The smallest absolute Gasteiger partial charge is 0.309 e. The Morgan fingerprint density at radius 3 is 2.08 bits per heavy atom. The van der Waals surface area contributed by atoms with Gasteiger partial charge in [-0.3, -0.25) is 9.59 Å².